The van der Waals surface area contributed by atoms with Crippen molar-refractivity contribution in [3.8, 4) is 11.5 Å². The second kappa shape index (κ2) is 13.4. The Hall–Kier alpha value is -3.71. The van der Waals surface area contributed by atoms with Crippen LogP contribution in [0, 0.1) is 5.92 Å². The molecule has 1 aromatic carbocycles. The number of aromatic nitrogens is 1. The molecule has 6 rings (SSSR count). The average molecular weight is 669 g/mol. The van der Waals surface area contributed by atoms with Gasteiger partial charge in [-0.15, -0.1) is 0 Å². The van der Waals surface area contributed by atoms with Crippen LogP contribution >= 0.6 is 0 Å². The molecule has 2 aliphatic carbocycles. The van der Waals surface area contributed by atoms with Crippen molar-refractivity contribution >= 4 is 38.6 Å². The van der Waals surface area contributed by atoms with Crippen molar-refractivity contribution in [3.63, 3.8) is 0 Å². The van der Waals surface area contributed by atoms with Crippen LogP contribution in [0.25, 0.3) is 10.9 Å². The summed E-state index contributed by atoms with van der Waals surface area (Å²) in [5.74, 6) is -0.710. The number of ether oxygens (including phenoxy) is 3. The number of nitrogens with zero attached hydrogens (tertiary/aromatic N) is 2. The number of benzene rings is 1. The van der Waals surface area contributed by atoms with Crippen molar-refractivity contribution in [1.82, 2.24) is 19.9 Å². The Bertz CT molecular complexity index is 1680. The molecule has 3 amide bonds. The predicted octanol–water partition coefficient (Wildman–Crippen LogP) is 3.17. The van der Waals surface area contributed by atoms with Crippen molar-refractivity contribution in [2.45, 2.75) is 101 Å². The van der Waals surface area contributed by atoms with Crippen LogP contribution in [-0.2, 0) is 35.6 Å². The SMILES string of the molecule is CCCc1cc(OC2CC3C(=O)NC4(C(=O)NS(=O)(=O)C5CC5)CC4C=CCCCCOC(C)C(=O)N3C2)c2ccc(OC)cc2n1. The highest BCUT2D eigenvalue weighted by Crippen LogP contribution is 2.46. The van der Waals surface area contributed by atoms with Crippen LogP contribution in [0.4, 0.5) is 0 Å². The van der Waals surface area contributed by atoms with E-state index in [2.05, 4.69) is 17.0 Å². The van der Waals surface area contributed by atoms with E-state index in [0.717, 1.165) is 48.7 Å². The second-order valence-corrected chi connectivity index (χ2v) is 15.1. The number of rotatable bonds is 8. The first-order valence-corrected chi connectivity index (χ1v) is 18.2. The van der Waals surface area contributed by atoms with Gasteiger partial charge < -0.3 is 24.4 Å². The third-order valence-electron chi connectivity index (χ3n) is 9.49. The molecule has 13 heteroatoms. The molecule has 3 heterocycles. The second-order valence-electron chi connectivity index (χ2n) is 13.1. The van der Waals surface area contributed by atoms with Gasteiger partial charge in [0.1, 0.15) is 35.3 Å². The molecule has 254 valence electrons. The number of amides is 3. The molecule has 5 unspecified atom stereocenters. The minimum atomic E-state index is -3.83. The van der Waals surface area contributed by atoms with Gasteiger partial charge in [0.2, 0.25) is 15.9 Å². The molecular formula is C34H44N4O8S. The highest BCUT2D eigenvalue weighted by atomic mass is 32.2. The molecular weight excluding hydrogens is 624 g/mol. The van der Waals surface area contributed by atoms with Crippen LogP contribution in [0.1, 0.15) is 70.9 Å². The third-order valence-corrected chi connectivity index (χ3v) is 11.3. The van der Waals surface area contributed by atoms with E-state index in [1.807, 2.05) is 36.4 Å². The number of aryl methyl sites for hydroxylation is 1. The Morgan fingerprint density at radius 2 is 2.02 bits per heavy atom. The number of sulfonamides is 1. The number of methoxy groups -OCH3 is 1. The Morgan fingerprint density at radius 1 is 1.21 bits per heavy atom. The molecule has 1 saturated heterocycles. The van der Waals surface area contributed by atoms with E-state index < -0.39 is 50.9 Å². The molecule has 2 saturated carbocycles. The highest BCUT2D eigenvalue weighted by Gasteiger charge is 2.62. The fourth-order valence-electron chi connectivity index (χ4n) is 6.55. The normalized spacial score (nSPS) is 28.4. The largest absolute Gasteiger partial charge is 0.497 e. The predicted molar refractivity (Wildman–Crippen MR) is 174 cm³/mol. The molecule has 0 radical (unpaired) electrons. The van der Waals surface area contributed by atoms with Gasteiger partial charge in [-0.3, -0.25) is 24.1 Å². The van der Waals surface area contributed by atoms with Gasteiger partial charge in [-0.05, 0) is 64.0 Å². The maximum atomic E-state index is 14.1. The first kappa shape index (κ1) is 33.2. The van der Waals surface area contributed by atoms with E-state index in [1.165, 1.54) is 4.90 Å². The van der Waals surface area contributed by atoms with Crippen molar-refractivity contribution in [3.05, 3.63) is 42.1 Å². The summed E-state index contributed by atoms with van der Waals surface area (Å²) < 4.78 is 45.5. The van der Waals surface area contributed by atoms with Gasteiger partial charge in [-0.25, -0.2) is 8.42 Å². The zero-order chi connectivity index (χ0) is 33.3. The molecule has 47 heavy (non-hydrogen) atoms. The summed E-state index contributed by atoms with van der Waals surface area (Å²) in [7, 11) is -2.23. The molecule has 12 nitrogen and oxygen atoms in total. The smallest absolute Gasteiger partial charge is 0.259 e. The fraction of sp³-hybridized carbons (Fsp3) is 0.588. The maximum Gasteiger partial charge on any atom is 0.259 e. The highest BCUT2D eigenvalue weighted by molar-refractivity contribution is 7.91. The molecule has 2 aromatic rings. The Labute approximate surface area is 275 Å². The first-order chi connectivity index (χ1) is 22.5. The van der Waals surface area contributed by atoms with Crippen LogP contribution in [0.2, 0.25) is 0 Å². The van der Waals surface area contributed by atoms with Crippen LogP contribution in [0.5, 0.6) is 11.5 Å². The van der Waals surface area contributed by atoms with Gasteiger partial charge in [0.05, 0.1) is 24.4 Å². The lowest BCUT2D eigenvalue weighted by Gasteiger charge is -2.28. The van der Waals surface area contributed by atoms with Crippen molar-refractivity contribution in [2.75, 3.05) is 20.3 Å². The number of hydrogen-bond donors (Lipinski definition) is 2. The standard InChI is InChI=1S/C34H44N4O8S/c1-4-9-23-16-30(27-14-11-24(44-3)17-28(27)35-23)46-25-18-29-31(39)36-34(33(41)37-47(42,43)26-12-13-26)19-22(34)10-7-5-6-8-15-45-21(2)32(40)38(29)20-25/h7,10-11,14,16-17,21-22,25-26,29H,4-6,8-9,12-13,15,18-20H2,1-3H3,(H,36,39)(H,37,41). The number of nitrogens with one attached hydrogen (secondary N) is 2. The summed E-state index contributed by atoms with van der Waals surface area (Å²) in [5.41, 5.74) is 0.158. The van der Waals surface area contributed by atoms with Crippen molar-refractivity contribution in [2.24, 2.45) is 5.92 Å². The van der Waals surface area contributed by atoms with E-state index in [0.29, 0.717) is 30.9 Å². The lowest BCUT2D eigenvalue weighted by atomic mass is 10.1. The molecule has 5 atom stereocenters. The average Bonchev–Trinajstić information content (AvgIpc) is 3.97. The van der Waals surface area contributed by atoms with Crippen molar-refractivity contribution in [1.29, 1.82) is 0 Å². The van der Waals surface area contributed by atoms with E-state index in [9.17, 15) is 22.8 Å². The van der Waals surface area contributed by atoms with Crippen molar-refractivity contribution < 1.29 is 37.0 Å². The molecule has 2 aliphatic heterocycles. The first-order valence-electron chi connectivity index (χ1n) is 16.7. The Morgan fingerprint density at radius 3 is 2.77 bits per heavy atom. The van der Waals surface area contributed by atoms with Gasteiger partial charge in [0.25, 0.3) is 11.8 Å². The number of carbonyl (C=O) groups excluding carboxylic acids is 3. The summed E-state index contributed by atoms with van der Waals surface area (Å²) in [6, 6.07) is 6.52. The van der Waals surface area contributed by atoms with Crippen LogP contribution in [0.15, 0.2) is 36.4 Å². The summed E-state index contributed by atoms with van der Waals surface area (Å²) in [6.07, 6.45) is 7.90. The third kappa shape index (κ3) is 7.11. The number of carbonyl (C=O) groups is 3. The van der Waals surface area contributed by atoms with Gasteiger partial charge in [-0.1, -0.05) is 25.5 Å². The zero-order valence-corrected chi connectivity index (χ0v) is 28.0. The fourth-order valence-corrected chi connectivity index (χ4v) is 7.91. The van der Waals surface area contributed by atoms with Gasteiger partial charge in [-0.2, -0.15) is 0 Å². The van der Waals surface area contributed by atoms with E-state index >= 15 is 0 Å². The lowest BCUT2D eigenvalue weighted by molar-refractivity contribution is -0.147. The summed E-state index contributed by atoms with van der Waals surface area (Å²) in [4.78, 5) is 47.7. The van der Waals surface area contributed by atoms with Crippen LogP contribution in [0.3, 0.4) is 0 Å². The monoisotopic (exact) mass is 668 g/mol. The summed E-state index contributed by atoms with van der Waals surface area (Å²) in [6.45, 7) is 4.28. The quantitative estimate of drug-likeness (QED) is 0.404. The van der Waals surface area contributed by atoms with Gasteiger partial charge in [0.15, 0.2) is 0 Å². The maximum absolute atomic E-state index is 14.1. The lowest BCUT2D eigenvalue weighted by Crippen LogP contribution is -2.57. The van der Waals surface area contributed by atoms with Crippen LogP contribution < -0.4 is 19.5 Å². The summed E-state index contributed by atoms with van der Waals surface area (Å²) in [5, 5.41) is 3.09. The van der Waals surface area contributed by atoms with E-state index in [1.54, 1.807) is 14.0 Å². The Kier molecular flexibility index (Phi) is 9.48. The number of allylic oxidation sites excluding steroid dienone is 1. The minimum Gasteiger partial charge on any atom is -0.497 e. The molecule has 0 bridgehead atoms. The van der Waals surface area contributed by atoms with Gasteiger partial charge in [0, 0.05) is 42.2 Å². The number of pyridine rings is 1. The molecule has 2 N–H and O–H groups in total. The van der Waals surface area contributed by atoms with E-state index in [4.69, 9.17) is 19.2 Å². The molecule has 0 spiro atoms. The summed E-state index contributed by atoms with van der Waals surface area (Å²) >= 11 is 0. The number of hydrogen-bond acceptors (Lipinski definition) is 9. The minimum absolute atomic E-state index is 0.131. The Balaban J connectivity index is 1.29. The van der Waals surface area contributed by atoms with E-state index in [-0.39, 0.29) is 31.2 Å². The molecule has 3 fully saturated rings. The van der Waals surface area contributed by atoms with Gasteiger partial charge >= 0.3 is 0 Å². The number of fused-ring (bicyclic) bond motifs is 3. The van der Waals surface area contributed by atoms with Crippen LogP contribution in [-0.4, -0.2) is 85.3 Å². The molecule has 4 aliphatic rings. The molecule has 1 aromatic heterocycles. The topological polar surface area (TPSA) is 153 Å². The zero-order valence-electron chi connectivity index (χ0n) is 27.2.